The highest BCUT2D eigenvalue weighted by Gasteiger charge is 2.71. The van der Waals surface area contributed by atoms with Crippen LogP contribution in [0.3, 0.4) is 0 Å². The summed E-state index contributed by atoms with van der Waals surface area (Å²) in [6, 6.07) is 0. The highest BCUT2D eigenvalue weighted by Crippen LogP contribution is 2.70. The number of aliphatic hydroxyl groups excluding tert-OH is 3. The number of ether oxygens (including phenoxy) is 3. The van der Waals surface area contributed by atoms with Crippen LogP contribution in [0.25, 0.3) is 0 Å². The minimum absolute atomic E-state index is 0.0516. The van der Waals surface area contributed by atoms with Crippen molar-refractivity contribution in [2.75, 3.05) is 13.2 Å². The molecule has 0 amide bonds. The summed E-state index contributed by atoms with van der Waals surface area (Å²) in [5.74, 6) is -0.565. The standard InChI is InChI=1S/C29H42O10/c1-26-6-3-19-20(29(26,36)9-5-18(26)16-10-23(33)37-14-16)4-8-28(35)12-17(2-7-27(19,28)15-31)38-24-11-21(32)25(34)22(13-30)39-24/h10,15,17-22,24-25,30,32,34-36H,2-9,11-14H2,1H3. The van der Waals surface area contributed by atoms with Crippen molar-refractivity contribution in [2.24, 2.45) is 28.6 Å². The maximum Gasteiger partial charge on any atom is 0.331 e. The van der Waals surface area contributed by atoms with Gasteiger partial charge in [0.25, 0.3) is 0 Å². The molecular weight excluding hydrogens is 508 g/mol. The van der Waals surface area contributed by atoms with Crippen molar-refractivity contribution in [3.05, 3.63) is 11.6 Å². The van der Waals surface area contributed by atoms with Gasteiger partial charge in [-0.05, 0) is 74.7 Å². The number of carbonyl (C=O) groups excluding carboxylic acids is 2. The summed E-state index contributed by atoms with van der Waals surface area (Å²) in [6.07, 6.45) is 3.01. The highest BCUT2D eigenvalue weighted by atomic mass is 16.7. The third-order valence-corrected chi connectivity index (χ3v) is 11.9. The lowest BCUT2D eigenvalue weighted by molar-refractivity contribution is -0.291. The molecule has 6 rings (SSSR count). The van der Waals surface area contributed by atoms with E-state index in [1.165, 1.54) is 0 Å². The van der Waals surface area contributed by atoms with Gasteiger partial charge < -0.3 is 44.5 Å². The monoisotopic (exact) mass is 550 g/mol. The Morgan fingerprint density at radius 1 is 1.08 bits per heavy atom. The molecule has 6 aliphatic rings. The first-order valence-electron chi connectivity index (χ1n) is 14.6. The molecule has 4 aliphatic carbocycles. The smallest absolute Gasteiger partial charge is 0.331 e. The topological polar surface area (TPSA) is 163 Å². The molecule has 5 N–H and O–H groups in total. The highest BCUT2D eigenvalue weighted by molar-refractivity contribution is 5.85. The predicted molar refractivity (Wildman–Crippen MR) is 135 cm³/mol. The van der Waals surface area contributed by atoms with Gasteiger partial charge in [-0.15, -0.1) is 0 Å². The maximum absolute atomic E-state index is 13.0. The van der Waals surface area contributed by atoms with Crippen LogP contribution in [0.2, 0.25) is 0 Å². The third kappa shape index (κ3) is 3.93. The largest absolute Gasteiger partial charge is 0.458 e. The molecule has 4 saturated carbocycles. The second-order valence-electron chi connectivity index (χ2n) is 13.3. The Hall–Kier alpha value is -1.40. The molecule has 2 heterocycles. The zero-order valence-electron chi connectivity index (χ0n) is 22.5. The average molecular weight is 551 g/mol. The number of rotatable bonds is 5. The number of aldehydes is 1. The fourth-order valence-electron chi connectivity index (χ4n) is 9.80. The van der Waals surface area contributed by atoms with Crippen LogP contribution in [0.5, 0.6) is 0 Å². The van der Waals surface area contributed by atoms with Gasteiger partial charge in [0.05, 0.1) is 35.4 Å². The summed E-state index contributed by atoms with van der Waals surface area (Å²) in [5.41, 5.74) is -2.76. The summed E-state index contributed by atoms with van der Waals surface area (Å²) in [4.78, 5) is 24.8. The van der Waals surface area contributed by atoms with Gasteiger partial charge in [-0.25, -0.2) is 4.79 Å². The van der Waals surface area contributed by atoms with Gasteiger partial charge in [0.2, 0.25) is 0 Å². The van der Waals surface area contributed by atoms with Crippen LogP contribution < -0.4 is 0 Å². The number of hydrogen-bond acceptors (Lipinski definition) is 10. The second-order valence-corrected chi connectivity index (χ2v) is 13.3. The van der Waals surface area contributed by atoms with E-state index in [4.69, 9.17) is 14.2 Å². The van der Waals surface area contributed by atoms with E-state index in [9.17, 15) is 35.1 Å². The Labute approximate surface area is 228 Å². The molecule has 12 unspecified atom stereocenters. The van der Waals surface area contributed by atoms with E-state index in [1.807, 2.05) is 0 Å². The molecule has 12 atom stereocenters. The molecule has 218 valence electrons. The van der Waals surface area contributed by atoms with E-state index in [0.29, 0.717) is 44.9 Å². The minimum Gasteiger partial charge on any atom is -0.458 e. The van der Waals surface area contributed by atoms with Crippen LogP contribution in [0.1, 0.15) is 71.1 Å². The molecule has 10 heteroatoms. The van der Waals surface area contributed by atoms with E-state index >= 15 is 0 Å². The van der Waals surface area contributed by atoms with Gasteiger partial charge in [-0.3, -0.25) is 0 Å². The number of carbonyl (C=O) groups is 2. The average Bonchev–Trinajstić information content (AvgIpc) is 3.45. The van der Waals surface area contributed by atoms with Gasteiger partial charge in [-0.1, -0.05) is 6.92 Å². The lowest BCUT2D eigenvalue weighted by Crippen LogP contribution is -2.69. The van der Waals surface area contributed by atoms with E-state index < -0.39 is 59.3 Å². The van der Waals surface area contributed by atoms with Crippen molar-refractivity contribution in [3.63, 3.8) is 0 Å². The quantitative estimate of drug-likeness (QED) is 0.188. The molecule has 2 aliphatic heterocycles. The number of fused-ring (bicyclic) bond motifs is 5. The van der Waals surface area contributed by atoms with Crippen molar-refractivity contribution in [1.82, 2.24) is 0 Å². The van der Waals surface area contributed by atoms with Crippen LogP contribution >= 0.6 is 0 Å². The Morgan fingerprint density at radius 2 is 1.85 bits per heavy atom. The van der Waals surface area contributed by atoms with Crippen molar-refractivity contribution >= 4 is 12.3 Å². The van der Waals surface area contributed by atoms with Crippen molar-refractivity contribution < 1.29 is 49.3 Å². The van der Waals surface area contributed by atoms with E-state index in [1.54, 1.807) is 6.08 Å². The summed E-state index contributed by atoms with van der Waals surface area (Å²) in [7, 11) is 0. The maximum atomic E-state index is 13.0. The third-order valence-electron chi connectivity index (χ3n) is 11.9. The van der Waals surface area contributed by atoms with Crippen molar-refractivity contribution in [1.29, 1.82) is 0 Å². The van der Waals surface area contributed by atoms with Crippen LogP contribution in [0, 0.1) is 28.6 Å². The van der Waals surface area contributed by atoms with E-state index in [-0.39, 0.29) is 43.2 Å². The molecule has 0 spiro atoms. The van der Waals surface area contributed by atoms with Crippen molar-refractivity contribution in [2.45, 2.75) is 113 Å². The number of aliphatic hydroxyl groups is 5. The van der Waals surface area contributed by atoms with Crippen LogP contribution in [-0.2, 0) is 23.8 Å². The van der Waals surface area contributed by atoms with E-state index in [0.717, 1.165) is 18.3 Å². The second kappa shape index (κ2) is 9.58. The molecule has 0 radical (unpaired) electrons. The Kier molecular flexibility index (Phi) is 6.81. The lowest BCUT2D eigenvalue weighted by atomic mass is 9.41. The SMILES string of the molecule is CC12CCC3C(CCC4(O)CC(OC5CC(O)C(O)C(CO)O5)CCC34C=O)C1(O)CCC2C1=CC(=O)OC1. The van der Waals surface area contributed by atoms with Crippen LogP contribution in [0.15, 0.2) is 11.6 Å². The van der Waals surface area contributed by atoms with Crippen LogP contribution in [0.4, 0.5) is 0 Å². The Morgan fingerprint density at radius 3 is 2.54 bits per heavy atom. The fraction of sp³-hybridized carbons (Fsp3) is 0.862. The summed E-state index contributed by atoms with van der Waals surface area (Å²) in [6.45, 7) is 1.95. The molecule has 39 heavy (non-hydrogen) atoms. The van der Waals surface area contributed by atoms with Gasteiger partial charge >= 0.3 is 5.97 Å². The zero-order chi connectivity index (χ0) is 27.8. The summed E-state index contributed by atoms with van der Waals surface area (Å²) >= 11 is 0. The lowest BCUT2D eigenvalue weighted by Gasteiger charge is -2.65. The summed E-state index contributed by atoms with van der Waals surface area (Å²) < 4.78 is 17.0. The van der Waals surface area contributed by atoms with Gasteiger partial charge in [0.15, 0.2) is 6.29 Å². The predicted octanol–water partition coefficient (Wildman–Crippen LogP) is 0.752. The molecule has 0 bridgehead atoms. The molecular formula is C29H42O10. The van der Waals surface area contributed by atoms with Gasteiger partial charge in [0.1, 0.15) is 25.1 Å². The summed E-state index contributed by atoms with van der Waals surface area (Å²) in [5, 5.41) is 54.1. The number of esters is 1. The molecule has 0 aromatic heterocycles. The Bertz CT molecular complexity index is 1030. The normalized spacial score (nSPS) is 53.3. The Balaban J connectivity index is 1.21. The minimum atomic E-state index is -1.29. The molecule has 0 aromatic rings. The first-order chi connectivity index (χ1) is 18.5. The molecule has 10 nitrogen and oxygen atoms in total. The first-order valence-corrected chi connectivity index (χ1v) is 14.6. The zero-order valence-corrected chi connectivity index (χ0v) is 22.5. The number of hydrogen-bond donors (Lipinski definition) is 5. The fourth-order valence-corrected chi connectivity index (χ4v) is 9.80. The molecule has 1 saturated heterocycles. The first kappa shape index (κ1) is 27.8. The van der Waals surface area contributed by atoms with E-state index in [2.05, 4.69) is 6.92 Å². The van der Waals surface area contributed by atoms with Crippen LogP contribution in [-0.4, -0.2) is 92.9 Å². The van der Waals surface area contributed by atoms with Crippen molar-refractivity contribution in [3.8, 4) is 0 Å². The van der Waals surface area contributed by atoms with Gasteiger partial charge in [-0.2, -0.15) is 0 Å². The molecule has 5 fully saturated rings. The number of cyclic esters (lactones) is 1. The van der Waals surface area contributed by atoms with Gasteiger partial charge in [0, 0.05) is 24.3 Å². The molecule has 0 aromatic carbocycles.